The summed E-state index contributed by atoms with van der Waals surface area (Å²) in [4.78, 5) is 2.17. The van der Waals surface area contributed by atoms with Crippen molar-refractivity contribution in [1.29, 1.82) is 0 Å². The van der Waals surface area contributed by atoms with E-state index in [0.717, 1.165) is 50.8 Å². The molecule has 0 spiro atoms. The molecule has 0 radical (unpaired) electrons. The van der Waals surface area contributed by atoms with Gasteiger partial charge in [0.15, 0.2) is 0 Å². The molecular weight excluding hydrogens is 446 g/mol. The minimum Gasteiger partial charge on any atom is -0.457 e. The maximum Gasteiger partial charge on any atom is 0.127 e. The van der Waals surface area contributed by atoms with Gasteiger partial charge in [-0.25, -0.2) is 0 Å². The highest BCUT2D eigenvalue weighted by atomic mass is 16.5. The molecule has 0 bridgehead atoms. The quantitative estimate of drug-likeness (QED) is 0.244. The van der Waals surface area contributed by atoms with Crippen LogP contribution in [0.15, 0.2) is 127 Å². The van der Waals surface area contributed by atoms with E-state index in [4.69, 9.17) is 4.74 Å². The normalized spacial score (nSPS) is 10.7. The molecule has 0 heterocycles. The van der Waals surface area contributed by atoms with Gasteiger partial charge in [0.2, 0.25) is 0 Å². The highest BCUT2D eigenvalue weighted by Gasteiger charge is 2.13. The van der Waals surface area contributed by atoms with E-state index in [9.17, 15) is 10.2 Å². The van der Waals surface area contributed by atoms with Crippen LogP contribution in [-0.4, -0.2) is 10.2 Å². The Morgan fingerprint density at radius 3 is 1.33 bits per heavy atom. The van der Waals surface area contributed by atoms with Gasteiger partial charge in [0, 0.05) is 17.1 Å². The number of benzene rings is 5. The molecule has 0 aliphatic rings. The molecule has 5 aromatic rings. The lowest BCUT2D eigenvalue weighted by Gasteiger charge is -2.26. The Hall–Kier alpha value is -4.38. The number of aliphatic hydroxyl groups is 2. The van der Waals surface area contributed by atoms with Gasteiger partial charge in [-0.1, -0.05) is 66.7 Å². The zero-order chi connectivity index (χ0) is 24.7. The Morgan fingerprint density at radius 2 is 0.833 bits per heavy atom. The Labute approximate surface area is 211 Å². The maximum atomic E-state index is 9.48. The number of anilines is 3. The molecule has 0 amide bonds. The summed E-state index contributed by atoms with van der Waals surface area (Å²) in [5.41, 5.74) is 6.96. The number of para-hydroxylation sites is 1. The predicted octanol–water partition coefficient (Wildman–Crippen LogP) is 7.60. The summed E-state index contributed by atoms with van der Waals surface area (Å²) in [6.45, 7) is 0.0496. The molecule has 0 saturated heterocycles. The van der Waals surface area contributed by atoms with Crippen molar-refractivity contribution >= 4 is 17.1 Å². The molecule has 0 aliphatic heterocycles. The van der Waals surface area contributed by atoms with Crippen molar-refractivity contribution < 1.29 is 14.9 Å². The number of nitrogens with zero attached hydrogens (tertiary/aromatic N) is 1. The summed E-state index contributed by atoms with van der Waals surface area (Å²) in [5, 5.41) is 18.8. The smallest absolute Gasteiger partial charge is 0.127 e. The van der Waals surface area contributed by atoms with Crippen molar-refractivity contribution in [2.75, 3.05) is 4.90 Å². The summed E-state index contributed by atoms with van der Waals surface area (Å²) in [6, 6.07) is 42.0. The molecule has 0 aliphatic carbocycles. The fraction of sp³-hybridized carbons (Fsp3) is 0.0625. The molecule has 178 valence electrons. The average molecular weight is 474 g/mol. The molecule has 5 aromatic carbocycles. The van der Waals surface area contributed by atoms with Gasteiger partial charge in [-0.3, -0.25) is 0 Å². The molecular formula is C32H27NO3. The topological polar surface area (TPSA) is 52.9 Å². The average Bonchev–Trinajstić information content (AvgIpc) is 2.95. The van der Waals surface area contributed by atoms with Crippen molar-refractivity contribution in [3.8, 4) is 22.6 Å². The van der Waals surface area contributed by atoms with Crippen LogP contribution in [0.1, 0.15) is 11.1 Å². The Morgan fingerprint density at radius 1 is 0.444 bits per heavy atom. The molecule has 4 heteroatoms. The minimum absolute atomic E-state index is 0.00949. The molecule has 2 N–H and O–H groups in total. The first-order valence-electron chi connectivity index (χ1n) is 11.9. The third-order valence-corrected chi connectivity index (χ3v) is 6.05. The minimum atomic E-state index is 0.00949. The lowest BCUT2D eigenvalue weighted by molar-refractivity contribution is 0.281. The van der Waals surface area contributed by atoms with Gasteiger partial charge in [-0.2, -0.15) is 0 Å². The van der Waals surface area contributed by atoms with Gasteiger partial charge in [-0.05, 0) is 82.9 Å². The number of ether oxygens (including phenoxy) is 1. The zero-order valence-corrected chi connectivity index (χ0v) is 19.8. The van der Waals surface area contributed by atoms with Crippen LogP contribution in [0.5, 0.6) is 11.5 Å². The third kappa shape index (κ3) is 5.31. The number of hydrogen-bond donors (Lipinski definition) is 2. The van der Waals surface area contributed by atoms with Crippen molar-refractivity contribution in [2.45, 2.75) is 13.2 Å². The lowest BCUT2D eigenvalue weighted by Crippen LogP contribution is -2.10. The third-order valence-electron chi connectivity index (χ3n) is 6.05. The van der Waals surface area contributed by atoms with Crippen molar-refractivity contribution in [2.24, 2.45) is 0 Å². The molecule has 5 rings (SSSR count). The first kappa shape index (κ1) is 23.4. The lowest BCUT2D eigenvalue weighted by atomic mass is 10.0. The van der Waals surface area contributed by atoms with Crippen LogP contribution in [0.2, 0.25) is 0 Å². The van der Waals surface area contributed by atoms with E-state index >= 15 is 0 Å². The van der Waals surface area contributed by atoms with E-state index in [1.165, 1.54) is 0 Å². The Kier molecular flexibility index (Phi) is 7.08. The van der Waals surface area contributed by atoms with Gasteiger partial charge in [-0.15, -0.1) is 0 Å². The standard InChI is InChI=1S/C32H27NO3/c34-22-24-6-10-26(11-7-24)27-12-16-29(17-13-27)33(28-14-8-25(23-35)9-15-28)30-18-20-32(21-19-30)36-31-4-2-1-3-5-31/h1-21,34-35H,22-23H2. The number of hydrogen-bond acceptors (Lipinski definition) is 4. The van der Waals surface area contributed by atoms with Gasteiger partial charge in [0.05, 0.1) is 13.2 Å². The molecule has 0 atom stereocenters. The maximum absolute atomic E-state index is 9.48. The second kappa shape index (κ2) is 10.9. The van der Waals surface area contributed by atoms with E-state index in [1.807, 2.05) is 103 Å². The predicted molar refractivity (Wildman–Crippen MR) is 145 cm³/mol. The fourth-order valence-corrected chi connectivity index (χ4v) is 4.09. The van der Waals surface area contributed by atoms with Gasteiger partial charge in [0.25, 0.3) is 0 Å². The highest BCUT2D eigenvalue weighted by molar-refractivity contribution is 5.78. The van der Waals surface area contributed by atoms with Crippen LogP contribution >= 0.6 is 0 Å². The second-order valence-electron chi connectivity index (χ2n) is 8.47. The van der Waals surface area contributed by atoms with Crippen LogP contribution in [0, 0.1) is 0 Å². The Bertz CT molecular complexity index is 1380. The van der Waals surface area contributed by atoms with Gasteiger partial charge < -0.3 is 19.8 Å². The van der Waals surface area contributed by atoms with Crippen LogP contribution in [-0.2, 0) is 13.2 Å². The van der Waals surface area contributed by atoms with Gasteiger partial charge >= 0.3 is 0 Å². The van der Waals surface area contributed by atoms with Crippen molar-refractivity contribution in [3.63, 3.8) is 0 Å². The van der Waals surface area contributed by atoms with E-state index in [2.05, 4.69) is 29.2 Å². The first-order valence-corrected chi connectivity index (χ1v) is 11.9. The molecule has 0 fully saturated rings. The molecule has 0 unspecified atom stereocenters. The van der Waals surface area contributed by atoms with Crippen LogP contribution in [0.3, 0.4) is 0 Å². The van der Waals surface area contributed by atoms with E-state index < -0.39 is 0 Å². The first-order chi connectivity index (χ1) is 17.7. The molecule has 0 saturated carbocycles. The summed E-state index contributed by atoms with van der Waals surface area (Å²) in [5.74, 6) is 1.56. The SMILES string of the molecule is OCc1ccc(-c2ccc(N(c3ccc(CO)cc3)c3ccc(Oc4ccccc4)cc3)cc2)cc1. The summed E-state index contributed by atoms with van der Waals surface area (Å²) in [7, 11) is 0. The fourth-order valence-electron chi connectivity index (χ4n) is 4.09. The summed E-state index contributed by atoms with van der Waals surface area (Å²) in [6.07, 6.45) is 0. The van der Waals surface area contributed by atoms with Crippen molar-refractivity contribution in [3.05, 3.63) is 139 Å². The van der Waals surface area contributed by atoms with Crippen LogP contribution in [0.4, 0.5) is 17.1 Å². The monoisotopic (exact) mass is 473 g/mol. The highest BCUT2D eigenvalue weighted by Crippen LogP contribution is 2.37. The van der Waals surface area contributed by atoms with Crippen LogP contribution in [0.25, 0.3) is 11.1 Å². The van der Waals surface area contributed by atoms with Crippen molar-refractivity contribution in [1.82, 2.24) is 0 Å². The van der Waals surface area contributed by atoms with E-state index in [1.54, 1.807) is 0 Å². The molecule has 4 nitrogen and oxygen atoms in total. The molecule has 36 heavy (non-hydrogen) atoms. The number of rotatable bonds is 8. The van der Waals surface area contributed by atoms with E-state index in [-0.39, 0.29) is 13.2 Å². The number of aliphatic hydroxyl groups excluding tert-OH is 2. The van der Waals surface area contributed by atoms with Gasteiger partial charge in [0.1, 0.15) is 11.5 Å². The summed E-state index contributed by atoms with van der Waals surface area (Å²) < 4.78 is 5.97. The van der Waals surface area contributed by atoms with Crippen LogP contribution < -0.4 is 9.64 Å². The summed E-state index contributed by atoms with van der Waals surface area (Å²) >= 11 is 0. The zero-order valence-electron chi connectivity index (χ0n) is 19.8. The van der Waals surface area contributed by atoms with E-state index in [0.29, 0.717) is 0 Å². The Balaban J connectivity index is 1.46. The second-order valence-corrected chi connectivity index (χ2v) is 8.47. The molecule has 0 aromatic heterocycles. The largest absolute Gasteiger partial charge is 0.457 e.